The summed E-state index contributed by atoms with van der Waals surface area (Å²) in [5.74, 6) is -0.374. The summed E-state index contributed by atoms with van der Waals surface area (Å²) in [4.78, 5) is 29.1. The Labute approximate surface area is 245 Å². The SMILES string of the molecule is CCCNC(=O)[C@@H](Cc1ccccc1)N(Cc1ccccc1C)C(=O)CCCN(c1cccc(C)c1C)S(C)(=O)=O. The average Bonchev–Trinajstić information content (AvgIpc) is 2.94. The summed E-state index contributed by atoms with van der Waals surface area (Å²) in [6, 6.07) is 22.4. The summed E-state index contributed by atoms with van der Waals surface area (Å²) in [7, 11) is -3.57. The van der Waals surface area contributed by atoms with E-state index in [1.165, 1.54) is 10.6 Å². The van der Waals surface area contributed by atoms with E-state index in [1.807, 2.05) is 94.4 Å². The van der Waals surface area contributed by atoms with Gasteiger partial charge in [0.1, 0.15) is 6.04 Å². The van der Waals surface area contributed by atoms with Crippen molar-refractivity contribution in [1.82, 2.24) is 10.2 Å². The first-order chi connectivity index (χ1) is 19.5. The van der Waals surface area contributed by atoms with Crippen LogP contribution in [0.1, 0.15) is 54.0 Å². The van der Waals surface area contributed by atoms with E-state index in [9.17, 15) is 18.0 Å². The monoisotopic (exact) mass is 577 g/mol. The van der Waals surface area contributed by atoms with E-state index in [2.05, 4.69) is 5.32 Å². The number of anilines is 1. The number of hydrogen-bond acceptors (Lipinski definition) is 4. The minimum Gasteiger partial charge on any atom is -0.354 e. The number of nitrogens with one attached hydrogen (secondary N) is 1. The van der Waals surface area contributed by atoms with Crippen molar-refractivity contribution in [3.63, 3.8) is 0 Å². The summed E-state index contributed by atoms with van der Waals surface area (Å²) in [6.45, 7) is 8.81. The second-order valence-corrected chi connectivity index (χ2v) is 12.5. The number of nitrogens with zero attached hydrogens (tertiary/aromatic N) is 2. The highest BCUT2D eigenvalue weighted by molar-refractivity contribution is 7.92. The van der Waals surface area contributed by atoms with Crippen molar-refractivity contribution in [2.75, 3.05) is 23.7 Å². The lowest BCUT2D eigenvalue weighted by molar-refractivity contribution is -0.141. The maximum Gasteiger partial charge on any atom is 0.243 e. The van der Waals surface area contributed by atoms with Gasteiger partial charge in [0.25, 0.3) is 0 Å². The summed E-state index contributed by atoms with van der Waals surface area (Å²) < 4.78 is 26.9. The zero-order chi connectivity index (χ0) is 30.0. The summed E-state index contributed by atoms with van der Waals surface area (Å²) in [6.07, 6.45) is 2.78. The summed E-state index contributed by atoms with van der Waals surface area (Å²) in [5, 5.41) is 3.00. The number of benzene rings is 3. The Bertz CT molecular complexity index is 1420. The first kappa shape index (κ1) is 31.9. The van der Waals surface area contributed by atoms with Gasteiger partial charge in [-0.1, -0.05) is 73.7 Å². The van der Waals surface area contributed by atoms with Crippen molar-refractivity contribution >= 4 is 27.5 Å². The van der Waals surface area contributed by atoms with Crippen LogP contribution in [0.3, 0.4) is 0 Å². The van der Waals surface area contributed by atoms with Crippen LogP contribution in [0.5, 0.6) is 0 Å². The Morgan fingerprint density at radius 3 is 2.20 bits per heavy atom. The molecule has 8 heteroatoms. The fourth-order valence-corrected chi connectivity index (χ4v) is 5.90. The molecule has 41 heavy (non-hydrogen) atoms. The normalized spacial score (nSPS) is 12.0. The van der Waals surface area contributed by atoms with Crippen molar-refractivity contribution < 1.29 is 18.0 Å². The highest BCUT2D eigenvalue weighted by Gasteiger charge is 2.30. The molecule has 0 bridgehead atoms. The molecule has 0 heterocycles. The zero-order valence-electron chi connectivity index (χ0n) is 24.9. The molecule has 0 spiro atoms. The van der Waals surface area contributed by atoms with Gasteiger partial charge in [-0.15, -0.1) is 0 Å². The number of carbonyl (C=O) groups is 2. The lowest BCUT2D eigenvalue weighted by atomic mass is 10.0. The van der Waals surface area contributed by atoms with E-state index in [-0.39, 0.29) is 31.3 Å². The molecule has 0 aliphatic carbocycles. The molecule has 0 unspecified atom stereocenters. The molecule has 0 aromatic heterocycles. The fourth-order valence-electron chi connectivity index (χ4n) is 4.88. The van der Waals surface area contributed by atoms with Crippen LogP contribution >= 0.6 is 0 Å². The molecule has 1 atom stereocenters. The van der Waals surface area contributed by atoms with Gasteiger partial charge in [-0.2, -0.15) is 0 Å². The van der Waals surface area contributed by atoms with Gasteiger partial charge in [0.15, 0.2) is 0 Å². The van der Waals surface area contributed by atoms with E-state index >= 15 is 0 Å². The fraction of sp³-hybridized carbons (Fsp3) is 0.394. The van der Waals surface area contributed by atoms with Gasteiger partial charge in [0.05, 0.1) is 11.9 Å². The molecule has 0 aliphatic heterocycles. The molecule has 2 amide bonds. The number of rotatable bonds is 14. The van der Waals surface area contributed by atoms with E-state index < -0.39 is 16.1 Å². The molecular weight excluding hydrogens is 534 g/mol. The third-order valence-corrected chi connectivity index (χ3v) is 8.60. The quantitative estimate of drug-likeness (QED) is 0.281. The maximum atomic E-state index is 13.9. The minimum absolute atomic E-state index is 0.106. The first-order valence-electron chi connectivity index (χ1n) is 14.2. The van der Waals surface area contributed by atoms with Crippen LogP contribution < -0.4 is 9.62 Å². The Hall–Kier alpha value is -3.65. The maximum absolute atomic E-state index is 13.9. The van der Waals surface area contributed by atoms with Gasteiger partial charge < -0.3 is 10.2 Å². The molecule has 3 aromatic rings. The number of amides is 2. The van der Waals surface area contributed by atoms with Gasteiger partial charge in [0.2, 0.25) is 21.8 Å². The van der Waals surface area contributed by atoms with E-state index in [4.69, 9.17) is 0 Å². The van der Waals surface area contributed by atoms with Crippen LogP contribution in [0, 0.1) is 20.8 Å². The standard InChI is InChI=1S/C33H43N3O4S/c1-6-21-34-33(38)31(23-28-16-8-7-9-17-28)35(24-29-18-11-10-14-26(29)3)32(37)20-13-22-36(41(5,39)40)30-19-12-15-25(2)27(30)4/h7-12,14-19,31H,6,13,20-24H2,1-5H3,(H,34,38)/t31-/m1/s1. The smallest absolute Gasteiger partial charge is 0.243 e. The van der Waals surface area contributed by atoms with Crippen LogP contribution in [0.25, 0.3) is 0 Å². The van der Waals surface area contributed by atoms with Crippen LogP contribution in [0.2, 0.25) is 0 Å². The highest BCUT2D eigenvalue weighted by atomic mass is 32.2. The van der Waals surface area contributed by atoms with Crippen LogP contribution in [-0.2, 0) is 32.6 Å². The molecule has 3 aromatic carbocycles. The Balaban J connectivity index is 1.90. The second kappa shape index (κ2) is 14.8. The molecule has 0 fully saturated rings. The third kappa shape index (κ3) is 8.92. The van der Waals surface area contributed by atoms with Gasteiger partial charge in [0, 0.05) is 32.5 Å². The molecule has 0 saturated heterocycles. The molecule has 7 nitrogen and oxygen atoms in total. The van der Waals surface area contributed by atoms with E-state index in [0.29, 0.717) is 25.1 Å². The average molecular weight is 578 g/mol. The zero-order valence-corrected chi connectivity index (χ0v) is 25.7. The van der Waals surface area contributed by atoms with Crippen molar-refractivity contribution in [3.05, 3.63) is 101 Å². The van der Waals surface area contributed by atoms with Crippen LogP contribution in [0.15, 0.2) is 72.8 Å². The second-order valence-electron chi connectivity index (χ2n) is 10.6. The summed E-state index contributed by atoms with van der Waals surface area (Å²) in [5.41, 5.74) is 5.48. The molecule has 1 N–H and O–H groups in total. The lowest BCUT2D eigenvalue weighted by Gasteiger charge is -2.32. The predicted octanol–water partition coefficient (Wildman–Crippen LogP) is 5.32. The number of hydrogen-bond donors (Lipinski definition) is 1. The third-order valence-electron chi connectivity index (χ3n) is 7.42. The van der Waals surface area contributed by atoms with Gasteiger partial charge >= 0.3 is 0 Å². The summed E-state index contributed by atoms with van der Waals surface area (Å²) >= 11 is 0. The van der Waals surface area contributed by atoms with Crippen LogP contribution in [0.4, 0.5) is 5.69 Å². The Kier molecular flexibility index (Phi) is 11.5. The topological polar surface area (TPSA) is 86.8 Å². The van der Waals surface area contributed by atoms with Gasteiger partial charge in [-0.05, 0) is 67.5 Å². The number of carbonyl (C=O) groups excluding carboxylic acids is 2. The molecule has 3 rings (SSSR count). The predicted molar refractivity (Wildman–Crippen MR) is 166 cm³/mol. The van der Waals surface area contributed by atoms with Crippen molar-refractivity contribution in [2.45, 2.75) is 66.0 Å². The molecule has 220 valence electrons. The lowest BCUT2D eigenvalue weighted by Crippen LogP contribution is -2.50. The molecule has 0 radical (unpaired) electrons. The van der Waals surface area contributed by atoms with Crippen molar-refractivity contribution in [1.29, 1.82) is 0 Å². The van der Waals surface area contributed by atoms with Gasteiger partial charge in [-0.3, -0.25) is 13.9 Å². The van der Waals surface area contributed by atoms with Crippen molar-refractivity contribution in [3.8, 4) is 0 Å². The van der Waals surface area contributed by atoms with Crippen molar-refractivity contribution in [2.24, 2.45) is 0 Å². The molecular formula is C33H43N3O4S. The Morgan fingerprint density at radius 1 is 0.878 bits per heavy atom. The number of aryl methyl sites for hydroxylation is 2. The minimum atomic E-state index is -3.57. The molecule has 0 aliphatic rings. The van der Waals surface area contributed by atoms with E-state index in [0.717, 1.165) is 34.2 Å². The first-order valence-corrected chi connectivity index (χ1v) is 16.1. The number of sulfonamides is 1. The molecule has 0 saturated carbocycles. The van der Waals surface area contributed by atoms with Gasteiger partial charge in [-0.25, -0.2) is 8.42 Å². The van der Waals surface area contributed by atoms with E-state index in [1.54, 1.807) is 11.0 Å². The van der Waals surface area contributed by atoms with Crippen LogP contribution in [-0.4, -0.2) is 50.5 Å². The largest absolute Gasteiger partial charge is 0.354 e. The highest BCUT2D eigenvalue weighted by Crippen LogP contribution is 2.26. The Morgan fingerprint density at radius 2 is 1.54 bits per heavy atom.